The highest BCUT2D eigenvalue weighted by Crippen LogP contribution is 2.32. The van der Waals surface area contributed by atoms with E-state index in [0.29, 0.717) is 5.75 Å². The number of nitrogens with zero attached hydrogens (tertiary/aromatic N) is 1. The molecule has 2 aromatic rings. The van der Waals surface area contributed by atoms with E-state index in [2.05, 4.69) is 4.98 Å². The molecular weight excluding hydrogens is 253 g/mol. The number of aromatic nitrogens is 1. The fraction of sp³-hybridized carbons (Fsp3) is 0.231. The molecule has 0 saturated heterocycles. The van der Waals surface area contributed by atoms with Gasteiger partial charge in [0.05, 0.1) is 25.3 Å². The van der Waals surface area contributed by atoms with Crippen molar-refractivity contribution >= 4 is 5.97 Å². The van der Waals surface area contributed by atoms with Crippen LogP contribution in [-0.2, 0) is 11.2 Å². The van der Waals surface area contributed by atoms with Crippen LogP contribution in [0.4, 0.5) is 4.39 Å². The summed E-state index contributed by atoms with van der Waals surface area (Å²) in [6.45, 7) is 0. The molecule has 0 atom stereocenters. The van der Waals surface area contributed by atoms with Gasteiger partial charge in [0.2, 0.25) is 0 Å². The van der Waals surface area contributed by atoms with Gasteiger partial charge in [0.15, 0.2) is 11.7 Å². The number of aliphatic carboxylic acids is 1. The number of carbonyl (C=O) groups is 1. The first-order valence-electron chi connectivity index (χ1n) is 5.61. The van der Waals surface area contributed by atoms with Gasteiger partial charge < -0.3 is 14.3 Å². The standard InChI is InChI=1S/C13H12FNO4/c1-18-9-4-2-3-8(14)13(9)10-7-15-11(19-10)5-6-12(16)17/h2-4,7H,5-6H2,1H3,(H,16,17). The number of carboxylic acids is 1. The minimum absolute atomic E-state index is 0.0889. The molecule has 1 aromatic heterocycles. The van der Waals surface area contributed by atoms with Crippen LogP contribution in [0.5, 0.6) is 5.75 Å². The Kier molecular flexibility index (Phi) is 3.79. The normalized spacial score (nSPS) is 10.4. The smallest absolute Gasteiger partial charge is 0.303 e. The Hall–Kier alpha value is -2.37. The zero-order valence-electron chi connectivity index (χ0n) is 10.2. The molecule has 0 unspecified atom stereocenters. The average molecular weight is 265 g/mol. The monoisotopic (exact) mass is 265 g/mol. The number of hydrogen-bond donors (Lipinski definition) is 1. The van der Waals surface area contributed by atoms with Crippen molar-refractivity contribution in [3.8, 4) is 17.1 Å². The number of methoxy groups -OCH3 is 1. The van der Waals surface area contributed by atoms with Gasteiger partial charge in [-0.1, -0.05) is 6.07 Å². The minimum Gasteiger partial charge on any atom is -0.496 e. The van der Waals surface area contributed by atoms with Crippen molar-refractivity contribution in [2.24, 2.45) is 0 Å². The van der Waals surface area contributed by atoms with Gasteiger partial charge in [0.25, 0.3) is 0 Å². The Morgan fingerprint density at radius 3 is 3.00 bits per heavy atom. The van der Waals surface area contributed by atoms with Crippen molar-refractivity contribution in [1.82, 2.24) is 4.98 Å². The fourth-order valence-electron chi connectivity index (χ4n) is 1.67. The number of aryl methyl sites for hydroxylation is 1. The molecule has 0 aliphatic rings. The molecule has 6 heteroatoms. The SMILES string of the molecule is COc1cccc(F)c1-c1cnc(CCC(=O)O)o1. The van der Waals surface area contributed by atoms with Crippen molar-refractivity contribution in [3.05, 3.63) is 36.1 Å². The Morgan fingerprint density at radius 1 is 1.53 bits per heavy atom. The number of ether oxygens (including phenoxy) is 1. The predicted molar refractivity (Wildman–Crippen MR) is 64.4 cm³/mol. The number of rotatable bonds is 5. The largest absolute Gasteiger partial charge is 0.496 e. The molecule has 0 spiro atoms. The summed E-state index contributed by atoms with van der Waals surface area (Å²) >= 11 is 0. The molecule has 0 saturated carbocycles. The first kappa shape index (κ1) is 13.1. The van der Waals surface area contributed by atoms with Gasteiger partial charge in [0.1, 0.15) is 11.6 Å². The Morgan fingerprint density at radius 2 is 2.32 bits per heavy atom. The summed E-state index contributed by atoms with van der Waals surface area (Å²) < 4.78 is 24.2. The molecule has 1 N–H and O–H groups in total. The number of halogens is 1. The van der Waals surface area contributed by atoms with E-state index in [0.717, 1.165) is 0 Å². The summed E-state index contributed by atoms with van der Waals surface area (Å²) in [5.74, 6) is -0.623. The zero-order valence-corrected chi connectivity index (χ0v) is 10.2. The minimum atomic E-state index is -0.941. The third-order valence-electron chi connectivity index (χ3n) is 2.55. The highest BCUT2D eigenvalue weighted by molar-refractivity contribution is 5.67. The summed E-state index contributed by atoms with van der Waals surface area (Å²) in [5.41, 5.74) is 0.180. The number of oxazole rings is 1. The van der Waals surface area contributed by atoms with E-state index in [4.69, 9.17) is 14.3 Å². The maximum atomic E-state index is 13.8. The lowest BCUT2D eigenvalue weighted by Gasteiger charge is -2.06. The van der Waals surface area contributed by atoms with E-state index in [-0.39, 0.29) is 30.1 Å². The predicted octanol–water partition coefficient (Wildman–Crippen LogP) is 2.51. The zero-order chi connectivity index (χ0) is 13.8. The van der Waals surface area contributed by atoms with E-state index in [1.807, 2.05) is 0 Å². The first-order chi connectivity index (χ1) is 9.11. The van der Waals surface area contributed by atoms with Crippen LogP contribution in [0.1, 0.15) is 12.3 Å². The molecule has 19 heavy (non-hydrogen) atoms. The Balaban J connectivity index is 2.30. The van der Waals surface area contributed by atoms with E-state index in [1.54, 1.807) is 6.07 Å². The molecule has 0 aliphatic heterocycles. The van der Waals surface area contributed by atoms with Gasteiger partial charge >= 0.3 is 5.97 Å². The van der Waals surface area contributed by atoms with E-state index >= 15 is 0 Å². The van der Waals surface area contributed by atoms with Crippen molar-refractivity contribution < 1.29 is 23.4 Å². The van der Waals surface area contributed by atoms with Crippen molar-refractivity contribution in [2.45, 2.75) is 12.8 Å². The van der Waals surface area contributed by atoms with Crippen LogP contribution in [0.3, 0.4) is 0 Å². The number of benzene rings is 1. The summed E-state index contributed by atoms with van der Waals surface area (Å²) in [6.07, 6.45) is 1.43. The summed E-state index contributed by atoms with van der Waals surface area (Å²) in [6, 6.07) is 4.43. The van der Waals surface area contributed by atoms with Gasteiger partial charge in [0, 0.05) is 6.42 Å². The molecule has 1 aromatic carbocycles. The molecule has 0 aliphatic carbocycles. The van der Waals surface area contributed by atoms with Crippen LogP contribution in [0.2, 0.25) is 0 Å². The van der Waals surface area contributed by atoms with Crippen LogP contribution < -0.4 is 4.74 Å². The third-order valence-corrected chi connectivity index (χ3v) is 2.55. The highest BCUT2D eigenvalue weighted by atomic mass is 19.1. The highest BCUT2D eigenvalue weighted by Gasteiger charge is 2.16. The molecule has 5 nitrogen and oxygen atoms in total. The van der Waals surface area contributed by atoms with Crippen molar-refractivity contribution in [1.29, 1.82) is 0 Å². The number of hydrogen-bond acceptors (Lipinski definition) is 4. The van der Waals surface area contributed by atoms with Crippen LogP contribution in [0.25, 0.3) is 11.3 Å². The first-order valence-corrected chi connectivity index (χ1v) is 5.61. The fourth-order valence-corrected chi connectivity index (χ4v) is 1.67. The maximum absolute atomic E-state index is 13.8. The topological polar surface area (TPSA) is 72.6 Å². The van der Waals surface area contributed by atoms with Crippen LogP contribution in [0.15, 0.2) is 28.8 Å². The van der Waals surface area contributed by atoms with Crippen molar-refractivity contribution in [3.63, 3.8) is 0 Å². The van der Waals surface area contributed by atoms with Crippen molar-refractivity contribution in [2.75, 3.05) is 7.11 Å². The van der Waals surface area contributed by atoms with Crippen LogP contribution >= 0.6 is 0 Å². The second-order valence-electron chi connectivity index (χ2n) is 3.83. The molecule has 0 amide bonds. The van der Waals surface area contributed by atoms with E-state index in [9.17, 15) is 9.18 Å². The number of carboxylic acid groups (broad SMARTS) is 1. The average Bonchev–Trinajstić information content (AvgIpc) is 2.84. The third kappa shape index (κ3) is 2.90. The summed E-state index contributed by atoms with van der Waals surface area (Å²) in [7, 11) is 1.43. The quantitative estimate of drug-likeness (QED) is 0.899. The van der Waals surface area contributed by atoms with Gasteiger partial charge in [-0.15, -0.1) is 0 Å². The molecule has 0 radical (unpaired) electrons. The Bertz CT molecular complexity index is 594. The lowest BCUT2D eigenvalue weighted by atomic mass is 10.1. The second kappa shape index (κ2) is 5.51. The summed E-state index contributed by atoms with van der Waals surface area (Å²) in [4.78, 5) is 14.4. The van der Waals surface area contributed by atoms with Gasteiger partial charge in [-0.25, -0.2) is 9.37 Å². The second-order valence-corrected chi connectivity index (χ2v) is 3.83. The maximum Gasteiger partial charge on any atom is 0.303 e. The molecule has 1 heterocycles. The molecule has 100 valence electrons. The lowest BCUT2D eigenvalue weighted by molar-refractivity contribution is -0.137. The van der Waals surface area contributed by atoms with Gasteiger partial charge in [-0.05, 0) is 12.1 Å². The summed E-state index contributed by atoms with van der Waals surface area (Å²) in [5, 5.41) is 8.58. The molecule has 2 rings (SSSR count). The van der Waals surface area contributed by atoms with Crippen LogP contribution in [0, 0.1) is 5.82 Å². The van der Waals surface area contributed by atoms with E-state index < -0.39 is 11.8 Å². The lowest BCUT2D eigenvalue weighted by Crippen LogP contribution is -1.97. The van der Waals surface area contributed by atoms with Gasteiger partial charge in [-0.3, -0.25) is 4.79 Å². The van der Waals surface area contributed by atoms with Gasteiger partial charge in [-0.2, -0.15) is 0 Å². The Labute approximate surface area is 108 Å². The molecular formula is C13H12FNO4. The molecule has 0 bridgehead atoms. The van der Waals surface area contributed by atoms with E-state index in [1.165, 1.54) is 25.4 Å². The molecule has 0 fully saturated rings. The van der Waals surface area contributed by atoms with Crippen LogP contribution in [-0.4, -0.2) is 23.2 Å².